The van der Waals surface area contributed by atoms with Crippen molar-refractivity contribution in [1.29, 1.82) is 5.26 Å². The van der Waals surface area contributed by atoms with Crippen LogP contribution in [-0.4, -0.2) is 12.6 Å². The van der Waals surface area contributed by atoms with Crippen LogP contribution in [0.25, 0.3) is 0 Å². The van der Waals surface area contributed by atoms with Gasteiger partial charge in [0.05, 0.1) is 17.3 Å². The Labute approximate surface area is 83.3 Å². The highest BCUT2D eigenvalue weighted by Gasteiger charge is 2.19. The number of nitriles is 1. The molecule has 0 saturated carbocycles. The standard InChI is InChI=1S/C11H12N2O/c1-2-9-7-14-11-8(6-12)4-3-5-10(11)13-9/h3-5,9,13H,2,7H2,1H3. The van der Waals surface area contributed by atoms with E-state index >= 15 is 0 Å². The number of nitrogens with zero attached hydrogens (tertiary/aromatic N) is 1. The van der Waals surface area contributed by atoms with Crippen LogP contribution in [0.4, 0.5) is 5.69 Å². The lowest BCUT2D eigenvalue weighted by molar-refractivity contribution is 0.281. The molecule has 0 amide bonds. The molecule has 72 valence electrons. The van der Waals surface area contributed by atoms with Crippen molar-refractivity contribution in [2.45, 2.75) is 19.4 Å². The van der Waals surface area contributed by atoms with Gasteiger partial charge in [0.1, 0.15) is 12.7 Å². The van der Waals surface area contributed by atoms with E-state index in [-0.39, 0.29) is 0 Å². The lowest BCUT2D eigenvalue weighted by Crippen LogP contribution is -2.30. The molecule has 1 N–H and O–H groups in total. The predicted octanol–water partition coefficient (Wildman–Crippen LogP) is 2.14. The van der Waals surface area contributed by atoms with E-state index in [1.807, 2.05) is 12.1 Å². The van der Waals surface area contributed by atoms with E-state index in [1.54, 1.807) is 6.07 Å². The van der Waals surface area contributed by atoms with Crippen LogP contribution >= 0.6 is 0 Å². The number of hydrogen-bond acceptors (Lipinski definition) is 3. The lowest BCUT2D eigenvalue weighted by atomic mass is 10.1. The van der Waals surface area contributed by atoms with Gasteiger partial charge < -0.3 is 10.1 Å². The summed E-state index contributed by atoms with van der Waals surface area (Å²) in [5, 5.41) is 12.2. The van der Waals surface area contributed by atoms with Crippen molar-refractivity contribution in [3.63, 3.8) is 0 Å². The first-order valence-corrected chi connectivity index (χ1v) is 4.77. The van der Waals surface area contributed by atoms with Gasteiger partial charge in [-0.2, -0.15) is 5.26 Å². The molecule has 0 saturated heterocycles. The van der Waals surface area contributed by atoms with Gasteiger partial charge >= 0.3 is 0 Å². The van der Waals surface area contributed by atoms with Crippen molar-refractivity contribution in [1.82, 2.24) is 0 Å². The number of fused-ring (bicyclic) bond motifs is 1. The molecule has 1 aliphatic rings. The monoisotopic (exact) mass is 188 g/mol. The number of nitrogens with one attached hydrogen (secondary N) is 1. The maximum Gasteiger partial charge on any atom is 0.160 e. The molecule has 1 aromatic rings. The zero-order valence-corrected chi connectivity index (χ0v) is 8.08. The topological polar surface area (TPSA) is 45.0 Å². The summed E-state index contributed by atoms with van der Waals surface area (Å²) in [6.45, 7) is 2.75. The summed E-state index contributed by atoms with van der Waals surface area (Å²) in [5.74, 6) is 0.694. The SMILES string of the molecule is CCC1COc2c(C#N)cccc2N1. The minimum Gasteiger partial charge on any atom is -0.488 e. The second kappa shape index (κ2) is 3.59. The molecule has 1 aromatic carbocycles. The van der Waals surface area contributed by atoms with Gasteiger partial charge in [0, 0.05) is 0 Å². The summed E-state index contributed by atoms with van der Waals surface area (Å²) in [4.78, 5) is 0. The minimum atomic E-state index is 0.358. The van der Waals surface area contributed by atoms with Crippen LogP contribution in [0.3, 0.4) is 0 Å². The average molecular weight is 188 g/mol. The first kappa shape index (κ1) is 8.89. The quantitative estimate of drug-likeness (QED) is 0.734. The van der Waals surface area contributed by atoms with Crippen LogP contribution in [0.15, 0.2) is 18.2 Å². The number of benzene rings is 1. The molecule has 0 aromatic heterocycles. The van der Waals surface area contributed by atoms with E-state index in [9.17, 15) is 0 Å². The molecular formula is C11H12N2O. The molecule has 1 unspecified atom stereocenters. The fourth-order valence-electron chi connectivity index (χ4n) is 1.56. The van der Waals surface area contributed by atoms with E-state index in [2.05, 4.69) is 18.3 Å². The summed E-state index contributed by atoms with van der Waals surface area (Å²) < 4.78 is 5.56. The Hall–Kier alpha value is -1.69. The Kier molecular flexibility index (Phi) is 2.28. The van der Waals surface area contributed by atoms with Gasteiger partial charge in [0.25, 0.3) is 0 Å². The van der Waals surface area contributed by atoms with E-state index in [1.165, 1.54) is 0 Å². The van der Waals surface area contributed by atoms with Gasteiger partial charge in [-0.1, -0.05) is 13.0 Å². The van der Waals surface area contributed by atoms with Crippen molar-refractivity contribution in [3.8, 4) is 11.8 Å². The van der Waals surface area contributed by atoms with Crippen LogP contribution in [-0.2, 0) is 0 Å². The van der Waals surface area contributed by atoms with Crippen molar-refractivity contribution in [2.75, 3.05) is 11.9 Å². The maximum absolute atomic E-state index is 8.86. The maximum atomic E-state index is 8.86. The van der Waals surface area contributed by atoms with E-state index in [4.69, 9.17) is 10.00 Å². The molecule has 0 spiro atoms. The van der Waals surface area contributed by atoms with Crippen molar-refractivity contribution < 1.29 is 4.74 Å². The molecule has 0 aliphatic carbocycles. The number of para-hydroxylation sites is 1. The highest BCUT2D eigenvalue weighted by atomic mass is 16.5. The van der Waals surface area contributed by atoms with Crippen LogP contribution in [0.1, 0.15) is 18.9 Å². The van der Waals surface area contributed by atoms with Gasteiger partial charge in [0.2, 0.25) is 0 Å². The van der Waals surface area contributed by atoms with Gasteiger partial charge in [-0.25, -0.2) is 0 Å². The van der Waals surface area contributed by atoms with Crippen molar-refractivity contribution >= 4 is 5.69 Å². The summed E-state index contributed by atoms with van der Waals surface area (Å²) in [5.41, 5.74) is 1.53. The molecular weight excluding hydrogens is 176 g/mol. The molecule has 1 heterocycles. The fraction of sp³-hybridized carbons (Fsp3) is 0.364. The number of hydrogen-bond donors (Lipinski definition) is 1. The minimum absolute atomic E-state index is 0.358. The lowest BCUT2D eigenvalue weighted by Gasteiger charge is -2.27. The Morgan fingerprint density at radius 1 is 1.64 bits per heavy atom. The van der Waals surface area contributed by atoms with E-state index < -0.39 is 0 Å². The second-order valence-electron chi connectivity index (χ2n) is 3.35. The molecule has 0 bridgehead atoms. The molecule has 3 nitrogen and oxygen atoms in total. The summed E-state index contributed by atoms with van der Waals surface area (Å²) in [6, 6.07) is 8.06. The Morgan fingerprint density at radius 3 is 3.21 bits per heavy atom. The Morgan fingerprint density at radius 2 is 2.50 bits per heavy atom. The first-order chi connectivity index (χ1) is 6.85. The fourth-order valence-corrected chi connectivity index (χ4v) is 1.56. The largest absolute Gasteiger partial charge is 0.488 e. The summed E-state index contributed by atoms with van der Waals surface area (Å²) in [7, 11) is 0. The number of ether oxygens (including phenoxy) is 1. The third-order valence-electron chi connectivity index (χ3n) is 2.42. The predicted molar refractivity (Wildman–Crippen MR) is 54.4 cm³/mol. The Bertz CT molecular complexity index is 381. The molecule has 0 radical (unpaired) electrons. The van der Waals surface area contributed by atoms with Crippen LogP contribution in [0, 0.1) is 11.3 Å². The first-order valence-electron chi connectivity index (χ1n) is 4.77. The van der Waals surface area contributed by atoms with Gasteiger partial charge in [-0.15, -0.1) is 0 Å². The zero-order valence-electron chi connectivity index (χ0n) is 8.08. The van der Waals surface area contributed by atoms with Crippen LogP contribution < -0.4 is 10.1 Å². The molecule has 3 heteroatoms. The van der Waals surface area contributed by atoms with Gasteiger partial charge in [-0.05, 0) is 18.6 Å². The average Bonchev–Trinajstić information content (AvgIpc) is 2.27. The molecule has 0 fully saturated rings. The summed E-state index contributed by atoms with van der Waals surface area (Å²) in [6.07, 6.45) is 1.02. The molecule has 1 atom stereocenters. The molecule has 1 aliphatic heterocycles. The van der Waals surface area contributed by atoms with Crippen molar-refractivity contribution in [3.05, 3.63) is 23.8 Å². The Balaban J connectivity index is 2.36. The third kappa shape index (κ3) is 1.39. The van der Waals surface area contributed by atoms with Gasteiger partial charge in [-0.3, -0.25) is 0 Å². The third-order valence-corrected chi connectivity index (χ3v) is 2.42. The number of rotatable bonds is 1. The number of anilines is 1. The van der Waals surface area contributed by atoms with E-state index in [0.29, 0.717) is 24.0 Å². The normalized spacial score (nSPS) is 18.7. The highest BCUT2D eigenvalue weighted by Crippen LogP contribution is 2.32. The van der Waals surface area contributed by atoms with Crippen LogP contribution in [0.2, 0.25) is 0 Å². The second-order valence-corrected chi connectivity index (χ2v) is 3.35. The van der Waals surface area contributed by atoms with Crippen molar-refractivity contribution in [2.24, 2.45) is 0 Å². The molecule has 2 rings (SSSR count). The van der Waals surface area contributed by atoms with Gasteiger partial charge in [0.15, 0.2) is 5.75 Å². The smallest absolute Gasteiger partial charge is 0.160 e. The summed E-state index contributed by atoms with van der Waals surface area (Å²) >= 11 is 0. The molecule has 14 heavy (non-hydrogen) atoms. The van der Waals surface area contributed by atoms with E-state index in [0.717, 1.165) is 12.1 Å². The highest BCUT2D eigenvalue weighted by molar-refractivity contribution is 5.65. The zero-order chi connectivity index (χ0) is 9.97. The van der Waals surface area contributed by atoms with Crippen LogP contribution in [0.5, 0.6) is 5.75 Å².